The largest absolute Gasteiger partial charge is 0.465 e. The first-order chi connectivity index (χ1) is 46.6. The molecule has 0 spiro atoms. The normalized spacial score (nSPS) is 13.7. The van der Waals surface area contributed by atoms with Crippen LogP contribution < -0.4 is 0 Å². The number of hydrogen-bond acceptors (Lipinski definition) is 20. The number of benzene rings is 2. The van der Waals surface area contributed by atoms with Crippen molar-refractivity contribution >= 4 is 146 Å². The van der Waals surface area contributed by atoms with Crippen LogP contribution in [-0.2, 0) is 63.6 Å². The van der Waals surface area contributed by atoms with Gasteiger partial charge in [-0.05, 0) is 177 Å². The van der Waals surface area contributed by atoms with E-state index in [1.165, 1.54) is 28.4 Å². The third-order valence-electron chi connectivity index (χ3n) is 17.2. The number of carbonyl (C=O) groups is 4. The summed E-state index contributed by atoms with van der Waals surface area (Å²) in [6, 6.07) is 33.2. The molecule has 22 heteroatoms. The summed E-state index contributed by atoms with van der Waals surface area (Å²) < 4.78 is 52.1. The molecule has 8 aromatic heterocycles. The molecule has 0 N–H and O–H groups in total. The highest BCUT2D eigenvalue weighted by atomic mass is 79.9. The maximum atomic E-state index is 14.7. The molecule has 0 fully saturated rings. The van der Waals surface area contributed by atoms with Crippen LogP contribution in [-0.4, -0.2) is 90.3 Å². The third-order valence-corrected chi connectivity index (χ3v) is 28.0. The Kier molecular flexibility index (Phi) is 22.9. The Hall–Kier alpha value is -5.28. The van der Waals surface area contributed by atoms with E-state index in [2.05, 4.69) is 120 Å². The van der Waals surface area contributed by atoms with Crippen molar-refractivity contribution in [2.75, 3.05) is 54.9 Å². The van der Waals surface area contributed by atoms with E-state index in [4.69, 9.17) is 37.9 Å². The molecule has 0 saturated carbocycles. The number of ether oxygens (including phenoxy) is 8. The van der Waals surface area contributed by atoms with Gasteiger partial charge in [0.2, 0.25) is 0 Å². The second-order valence-corrected chi connectivity index (χ2v) is 34.8. The standard InChI is InChI=1S/C74H72Br2O12S8/c1-9-13-33-85-73(86-34-14-10-2)37-41-43(39-73)63(57-27-23-51(93-57)53-29-31-59(75)95-53)67(71(79)83-7)65(69(77)81-5)61(41)55-25-21-49(91-55)47-19-17-45(89-47)46-18-20-48(90-46)50-22-26-56(92-50)62-42-38-74(87-35-15-11-3,88-36-16-12-4)40-44(42)64(68(72(80)84-8)66(62)70(78)82-6)58-28-24-52(94-58)54-30-32-60(76)96-54/h17-32H,9-16,33-40H2,1-8H3. The van der Waals surface area contributed by atoms with Gasteiger partial charge < -0.3 is 37.9 Å². The number of hydrogen-bond donors (Lipinski definition) is 0. The van der Waals surface area contributed by atoms with Crippen LogP contribution in [0.15, 0.2) is 105 Å². The molecule has 2 aliphatic rings. The van der Waals surface area contributed by atoms with E-state index in [0.29, 0.717) is 74.4 Å². The fraction of sp³-hybridized carbons (Fsp3) is 0.351. The van der Waals surface area contributed by atoms with E-state index >= 15 is 0 Å². The van der Waals surface area contributed by atoms with Gasteiger partial charge in [-0.2, -0.15) is 0 Å². The van der Waals surface area contributed by atoms with Gasteiger partial charge in [0.05, 0.1) is 84.7 Å². The first kappa shape index (κ1) is 70.6. The van der Waals surface area contributed by atoms with Crippen molar-refractivity contribution < 1.29 is 57.1 Å². The summed E-state index contributed by atoms with van der Waals surface area (Å²) in [4.78, 5) is 72.2. The number of methoxy groups -OCH3 is 4. The second kappa shape index (κ2) is 31.1. The third kappa shape index (κ3) is 14.3. The van der Waals surface area contributed by atoms with E-state index in [9.17, 15) is 19.2 Å². The zero-order valence-electron chi connectivity index (χ0n) is 54.5. The van der Waals surface area contributed by atoms with Crippen LogP contribution in [0, 0.1) is 0 Å². The Morgan fingerprint density at radius 2 is 0.500 bits per heavy atom. The predicted molar refractivity (Wildman–Crippen MR) is 403 cm³/mol. The lowest BCUT2D eigenvalue weighted by Crippen LogP contribution is -2.38. The maximum Gasteiger partial charge on any atom is 0.339 e. The Morgan fingerprint density at radius 1 is 0.312 bits per heavy atom. The van der Waals surface area contributed by atoms with Gasteiger partial charge in [0.25, 0.3) is 0 Å². The molecule has 502 valence electrons. The molecule has 0 saturated heterocycles. The molecular weight excluding hydrogens is 1500 g/mol. The van der Waals surface area contributed by atoms with Gasteiger partial charge in [-0.1, -0.05) is 53.4 Å². The minimum atomic E-state index is -1.05. The van der Waals surface area contributed by atoms with E-state index < -0.39 is 35.5 Å². The summed E-state index contributed by atoms with van der Waals surface area (Å²) in [5, 5.41) is 0. The Bertz CT molecular complexity index is 4190. The zero-order chi connectivity index (χ0) is 67.4. The molecular formula is C74H72Br2O12S8. The maximum absolute atomic E-state index is 14.7. The SMILES string of the molecule is CCCCOC1(OCCCC)Cc2c(c(-c3ccc(-c4ccc(-c5ccc(-c6ccc(-c7c8c(c(-c9ccc(-c%10ccc(Br)s%10)s9)c(C(=O)OC)c7C(=O)OC)CC(OCCCC)(OCCCC)C8)s6)s5)s4)s3)c(C(=O)OC)c(C(=O)OC)c2-c2ccc(-c3ccc(Br)s3)s2)C1. The average molecular weight is 1570 g/mol. The first-order valence-corrected chi connectivity index (χ1v) is 40.2. The summed E-state index contributed by atoms with van der Waals surface area (Å²) in [6.07, 6.45) is 8.56. The number of unbranched alkanes of at least 4 members (excludes halogenated alkanes) is 4. The van der Waals surface area contributed by atoms with E-state index in [-0.39, 0.29) is 22.3 Å². The molecule has 2 aromatic carbocycles. The zero-order valence-corrected chi connectivity index (χ0v) is 64.2. The summed E-state index contributed by atoms with van der Waals surface area (Å²) in [7, 11) is 5.40. The Labute approximate surface area is 608 Å². The molecule has 0 unspecified atom stereocenters. The molecule has 0 aliphatic heterocycles. The van der Waals surface area contributed by atoms with Gasteiger partial charge in [0.1, 0.15) is 0 Å². The molecule has 10 aromatic rings. The van der Waals surface area contributed by atoms with Crippen molar-refractivity contribution in [3.05, 3.63) is 149 Å². The number of fused-ring (bicyclic) bond motifs is 2. The molecule has 2 aliphatic carbocycles. The Morgan fingerprint density at radius 3 is 0.688 bits per heavy atom. The van der Waals surface area contributed by atoms with Crippen LogP contribution >= 0.6 is 123 Å². The lowest BCUT2D eigenvalue weighted by molar-refractivity contribution is -0.231. The lowest BCUT2D eigenvalue weighted by Gasteiger charge is -2.30. The van der Waals surface area contributed by atoms with Crippen molar-refractivity contribution in [1.82, 2.24) is 0 Å². The number of thiophene rings is 8. The van der Waals surface area contributed by atoms with Gasteiger partial charge in [-0.15, -0.1) is 90.7 Å². The number of carbonyl (C=O) groups excluding carboxylic acids is 4. The van der Waals surface area contributed by atoms with Gasteiger partial charge in [0, 0.05) is 116 Å². The van der Waals surface area contributed by atoms with Crippen LogP contribution in [0.1, 0.15) is 143 Å². The highest BCUT2D eigenvalue weighted by Crippen LogP contribution is 2.56. The molecule has 0 bridgehead atoms. The lowest BCUT2D eigenvalue weighted by atomic mass is 9.86. The molecule has 12 rings (SSSR count). The molecule has 0 radical (unpaired) electrons. The molecule has 12 nitrogen and oxygen atoms in total. The van der Waals surface area contributed by atoms with E-state index in [1.54, 1.807) is 90.7 Å². The van der Waals surface area contributed by atoms with Crippen LogP contribution in [0.4, 0.5) is 0 Å². The van der Waals surface area contributed by atoms with Crippen LogP contribution in [0.5, 0.6) is 0 Å². The first-order valence-electron chi connectivity index (χ1n) is 32.1. The topological polar surface area (TPSA) is 142 Å². The van der Waals surface area contributed by atoms with Gasteiger partial charge >= 0.3 is 23.9 Å². The molecule has 96 heavy (non-hydrogen) atoms. The monoisotopic (exact) mass is 1570 g/mol. The second-order valence-electron chi connectivity index (χ2n) is 23.4. The smallest absolute Gasteiger partial charge is 0.339 e. The van der Waals surface area contributed by atoms with E-state index in [0.717, 1.165) is 149 Å². The quantitative estimate of drug-likeness (QED) is 0.0191. The average Bonchev–Trinajstić information content (AvgIpc) is 1.54. The van der Waals surface area contributed by atoms with Crippen LogP contribution in [0.25, 0.3) is 90.5 Å². The van der Waals surface area contributed by atoms with Crippen molar-refractivity contribution in [2.45, 2.75) is 116 Å². The van der Waals surface area contributed by atoms with E-state index in [1.807, 2.05) is 36.4 Å². The molecule has 8 heterocycles. The van der Waals surface area contributed by atoms with Crippen molar-refractivity contribution in [3.8, 4) is 90.5 Å². The predicted octanol–water partition coefficient (Wildman–Crippen LogP) is 22.7. The minimum absolute atomic E-state index is 0.149. The minimum Gasteiger partial charge on any atom is -0.465 e. The fourth-order valence-corrected chi connectivity index (χ4v) is 22.2. The van der Waals surface area contributed by atoms with Crippen LogP contribution in [0.2, 0.25) is 0 Å². The fourth-order valence-electron chi connectivity index (χ4n) is 12.6. The summed E-state index contributed by atoms with van der Waals surface area (Å²) in [5.74, 6) is -4.66. The summed E-state index contributed by atoms with van der Waals surface area (Å²) in [5.41, 5.74) is 6.64. The molecule has 0 atom stereocenters. The van der Waals surface area contributed by atoms with Gasteiger partial charge in [-0.3, -0.25) is 0 Å². The summed E-state index contributed by atoms with van der Waals surface area (Å²) in [6.45, 7) is 10.5. The molecule has 0 amide bonds. The van der Waals surface area contributed by atoms with Crippen molar-refractivity contribution in [2.24, 2.45) is 0 Å². The highest BCUT2D eigenvalue weighted by Gasteiger charge is 2.48. The van der Waals surface area contributed by atoms with Gasteiger partial charge in [-0.25, -0.2) is 19.2 Å². The Balaban J connectivity index is 0.927. The van der Waals surface area contributed by atoms with Crippen molar-refractivity contribution in [3.63, 3.8) is 0 Å². The number of halogens is 2. The van der Waals surface area contributed by atoms with Crippen molar-refractivity contribution in [1.29, 1.82) is 0 Å². The number of rotatable bonds is 29. The van der Waals surface area contributed by atoms with Crippen LogP contribution in [0.3, 0.4) is 0 Å². The van der Waals surface area contributed by atoms with Gasteiger partial charge in [0.15, 0.2) is 11.6 Å². The highest BCUT2D eigenvalue weighted by molar-refractivity contribution is 9.11. The summed E-state index contributed by atoms with van der Waals surface area (Å²) >= 11 is 20.1. The number of esters is 4.